The molecular formula is C50H73NO10. The van der Waals surface area contributed by atoms with Crippen molar-refractivity contribution in [1.82, 2.24) is 4.57 Å². The van der Waals surface area contributed by atoms with Crippen molar-refractivity contribution in [3.8, 4) is 40.0 Å². The molecule has 1 aromatic heterocycles. The lowest BCUT2D eigenvalue weighted by molar-refractivity contribution is -0.109. The molecule has 0 saturated carbocycles. The van der Waals surface area contributed by atoms with Gasteiger partial charge in [-0.15, -0.1) is 0 Å². The summed E-state index contributed by atoms with van der Waals surface area (Å²) in [5.74, 6) is 2.41. The molecular weight excluding hydrogens is 775 g/mol. The third-order valence-corrected chi connectivity index (χ3v) is 12.5. The lowest BCUT2D eigenvalue weighted by Crippen LogP contribution is -2.30. The predicted molar refractivity (Wildman–Crippen MR) is 238 cm³/mol. The van der Waals surface area contributed by atoms with Crippen molar-refractivity contribution in [2.24, 2.45) is 0 Å². The zero-order valence-electron chi connectivity index (χ0n) is 37.2. The Morgan fingerprint density at radius 3 is 1.59 bits per heavy atom. The number of ether oxygens (including phenoxy) is 9. The summed E-state index contributed by atoms with van der Waals surface area (Å²) >= 11 is 0. The Hall–Kier alpha value is -3.51. The summed E-state index contributed by atoms with van der Waals surface area (Å²) in [6, 6.07) is 9.71. The summed E-state index contributed by atoms with van der Waals surface area (Å²) in [4.78, 5) is 15.3. The average molecular weight is 848 g/mol. The molecule has 0 N–H and O–H groups in total. The van der Waals surface area contributed by atoms with E-state index in [9.17, 15) is 0 Å². The Bertz CT molecular complexity index is 1820. The minimum Gasteiger partial charge on any atom is -0.493 e. The second-order valence-electron chi connectivity index (χ2n) is 17.4. The Kier molecular flexibility index (Phi) is 18.2. The second kappa shape index (κ2) is 24.4. The van der Waals surface area contributed by atoms with Crippen LogP contribution >= 0.6 is 0 Å². The van der Waals surface area contributed by atoms with E-state index in [2.05, 4.69) is 11.5 Å². The molecule has 61 heavy (non-hydrogen) atoms. The first-order valence-electron chi connectivity index (χ1n) is 24.2. The highest BCUT2D eigenvalue weighted by Crippen LogP contribution is 2.42. The molecule has 11 heteroatoms. The lowest BCUT2D eigenvalue weighted by Gasteiger charge is -2.29. The van der Waals surface area contributed by atoms with E-state index < -0.39 is 12.6 Å². The molecule has 0 bridgehead atoms. The summed E-state index contributed by atoms with van der Waals surface area (Å²) in [6.45, 7) is 5.45. The molecule has 2 aromatic carbocycles. The number of aryl methyl sites for hydroxylation is 1. The Morgan fingerprint density at radius 1 is 0.557 bits per heavy atom. The van der Waals surface area contributed by atoms with Gasteiger partial charge in [0.25, 0.3) is 0 Å². The lowest BCUT2D eigenvalue weighted by atomic mass is 10.0. The quantitative estimate of drug-likeness (QED) is 0.0857. The topological polar surface area (TPSA) is 105 Å². The highest BCUT2D eigenvalue weighted by Gasteiger charge is 2.30. The monoisotopic (exact) mass is 848 g/mol. The molecule has 11 nitrogen and oxygen atoms in total. The first kappa shape index (κ1) is 45.5. The van der Waals surface area contributed by atoms with Crippen LogP contribution in [0.15, 0.2) is 35.1 Å². The highest BCUT2D eigenvalue weighted by molar-refractivity contribution is 5.92. The average Bonchev–Trinajstić information content (AvgIpc) is 3.29. The van der Waals surface area contributed by atoms with Crippen molar-refractivity contribution in [3.05, 3.63) is 40.6 Å². The summed E-state index contributed by atoms with van der Waals surface area (Å²) in [7, 11) is 1.65. The van der Waals surface area contributed by atoms with Gasteiger partial charge in [-0.25, -0.2) is 0 Å². The van der Waals surface area contributed by atoms with Crippen molar-refractivity contribution in [1.29, 1.82) is 0 Å². The molecule has 4 atom stereocenters. The fourth-order valence-electron chi connectivity index (χ4n) is 9.08. The molecule has 4 unspecified atom stereocenters. The maximum absolute atomic E-state index is 15.3. The molecule has 7 rings (SSSR count). The zero-order valence-corrected chi connectivity index (χ0v) is 37.2. The van der Waals surface area contributed by atoms with Crippen LogP contribution in [0, 0.1) is 0 Å². The zero-order chi connectivity index (χ0) is 42.1. The largest absolute Gasteiger partial charge is 0.493 e. The van der Waals surface area contributed by atoms with Crippen LogP contribution in [0.25, 0.3) is 22.2 Å². The molecule has 5 heterocycles. The van der Waals surface area contributed by atoms with E-state index in [4.69, 9.17) is 42.6 Å². The first-order valence-corrected chi connectivity index (χ1v) is 24.2. The van der Waals surface area contributed by atoms with Gasteiger partial charge in [0, 0.05) is 49.9 Å². The van der Waals surface area contributed by atoms with Gasteiger partial charge in [0.2, 0.25) is 5.43 Å². The van der Waals surface area contributed by atoms with Crippen LogP contribution < -0.4 is 29.1 Å². The van der Waals surface area contributed by atoms with E-state index in [1.165, 1.54) is 57.8 Å². The molecule has 3 aromatic rings. The first-order chi connectivity index (χ1) is 30.1. The Labute approximate surface area is 364 Å². The fraction of sp³-hybridized carbons (Fsp3) is 0.700. The van der Waals surface area contributed by atoms with Crippen LogP contribution in [0.5, 0.6) is 28.7 Å². The van der Waals surface area contributed by atoms with Crippen LogP contribution in [0.1, 0.15) is 161 Å². The van der Waals surface area contributed by atoms with Crippen molar-refractivity contribution in [2.45, 2.75) is 193 Å². The molecule has 338 valence electrons. The standard InChI is InChI=1S/C50H73NO10/c1-3-4-5-6-7-8-9-10-11-12-13-18-29-51-39-35-38(58-43-23-14-19-30-54-43)36-42(60-45-25-16-21-32-56-45)47(39)49(52)50(61-46-26-17-22-33-57-46)48(51)37-27-28-40(41(34-37)53-2)59-44-24-15-20-31-55-44/h27-28,34-36,43-46H,3-26,29-33H2,1-2H3. The van der Waals surface area contributed by atoms with Gasteiger partial charge in [0.05, 0.1) is 50.1 Å². The van der Waals surface area contributed by atoms with E-state index in [0.717, 1.165) is 95.5 Å². The third-order valence-electron chi connectivity index (χ3n) is 12.5. The number of fused-ring (bicyclic) bond motifs is 1. The number of benzene rings is 2. The van der Waals surface area contributed by atoms with Gasteiger partial charge in [-0.05, 0) is 76.0 Å². The van der Waals surface area contributed by atoms with Crippen LogP contribution in [-0.4, -0.2) is 63.3 Å². The minimum atomic E-state index is -0.553. The number of aromatic nitrogens is 1. The maximum Gasteiger partial charge on any atom is 0.235 e. The molecule has 0 amide bonds. The SMILES string of the molecule is CCCCCCCCCCCCCCn1c(-c2ccc(OC3CCCCO3)c(OC)c2)c(OC2CCCCO2)c(=O)c2c(OC3CCCCO3)cc(OC3CCCCO3)cc21. The molecule has 0 aliphatic carbocycles. The highest BCUT2D eigenvalue weighted by atomic mass is 16.7. The molecule has 4 aliphatic heterocycles. The van der Waals surface area contributed by atoms with E-state index in [1.54, 1.807) is 7.11 Å². The number of methoxy groups -OCH3 is 1. The molecule has 4 aliphatic rings. The summed E-state index contributed by atoms with van der Waals surface area (Å²) in [6.07, 6.45) is 24.3. The van der Waals surface area contributed by atoms with Gasteiger partial charge in [0.1, 0.15) is 11.5 Å². The van der Waals surface area contributed by atoms with E-state index >= 15 is 4.79 Å². The smallest absolute Gasteiger partial charge is 0.235 e. The van der Waals surface area contributed by atoms with E-state index in [-0.39, 0.29) is 23.8 Å². The number of rotatable bonds is 23. The van der Waals surface area contributed by atoms with Crippen LogP contribution in [0.4, 0.5) is 0 Å². The molecule has 4 saturated heterocycles. The molecule has 0 spiro atoms. The normalized spacial score (nSPS) is 22.2. The van der Waals surface area contributed by atoms with Crippen molar-refractivity contribution in [2.75, 3.05) is 33.5 Å². The predicted octanol–water partition coefficient (Wildman–Crippen LogP) is 12.0. The number of nitrogens with zero attached hydrogens (tertiary/aromatic N) is 1. The van der Waals surface area contributed by atoms with Gasteiger partial charge in [-0.3, -0.25) is 4.79 Å². The summed E-state index contributed by atoms with van der Waals surface area (Å²) in [5, 5.41) is 0.445. The number of unbranched alkanes of at least 4 members (excludes halogenated alkanes) is 11. The fourth-order valence-corrected chi connectivity index (χ4v) is 9.08. The minimum absolute atomic E-state index is 0.239. The van der Waals surface area contributed by atoms with Gasteiger partial charge in [0.15, 0.2) is 42.4 Å². The van der Waals surface area contributed by atoms with E-state index in [1.807, 2.05) is 30.3 Å². The van der Waals surface area contributed by atoms with Crippen LogP contribution in [0.2, 0.25) is 0 Å². The van der Waals surface area contributed by atoms with Gasteiger partial charge < -0.3 is 47.2 Å². The van der Waals surface area contributed by atoms with Crippen LogP contribution in [0.3, 0.4) is 0 Å². The number of hydrogen-bond donors (Lipinski definition) is 0. The Morgan fingerprint density at radius 2 is 1.07 bits per heavy atom. The second-order valence-corrected chi connectivity index (χ2v) is 17.4. The molecule has 0 radical (unpaired) electrons. The van der Waals surface area contributed by atoms with Gasteiger partial charge in [-0.2, -0.15) is 0 Å². The maximum atomic E-state index is 15.3. The van der Waals surface area contributed by atoms with Gasteiger partial charge in [-0.1, -0.05) is 77.6 Å². The van der Waals surface area contributed by atoms with Gasteiger partial charge >= 0.3 is 0 Å². The number of pyridine rings is 1. The van der Waals surface area contributed by atoms with Crippen molar-refractivity contribution in [3.63, 3.8) is 0 Å². The van der Waals surface area contributed by atoms with E-state index in [0.29, 0.717) is 79.0 Å². The Balaban J connectivity index is 1.28. The number of hydrogen-bond acceptors (Lipinski definition) is 10. The third kappa shape index (κ3) is 13.0. The molecule has 4 fully saturated rings. The van der Waals surface area contributed by atoms with Crippen molar-refractivity contribution < 1.29 is 42.6 Å². The van der Waals surface area contributed by atoms with Crippen molar-refractivity contribution >= 4 is 10.9 Å². The van der Waals surface area contributed by atoms with Crippen LogP contribution in [-0.2, 0) is 25.5 Å². The summed E-state index contributed by atoms with van der Waals surface area (Å²) < 4.78 is 58.8. The summed E-state index contributed by atoms with van der Waals surface area (Å²) in [5.41, 5.74) is 1.90.